The standard InChI is InChI=1S/C15H31N3/c1-4-16-11-15(13(2)3)18-9-7-17(8-10-18)12-14-5-6-14/h13-16H,4-12H2,1-3H3. The summed E-state index contributed by atoms with van der Waals surface area (Å²) in [5, 5.41) is 3.53. The molecule has 1 saturated carbocycles. The maximum absolute atomic E-state index is 3.53. The molecule has 1 saturated heterocycles. The van der Waals surface area contributed by atoms with Gasteiger partial charge in [0.05, 0.1) is 0 Å². The minimum atomic E-state index is 0.716. The molecule has 18 heavy (non-hydrogen) atoms. The molecular weight excluding hydrogens is 222 g/mol. The van der Waals surface area contributed by atoms with Gasteiger partial charge in [0, 0.05) is 45.3 Å². The highest BCUT2D eigenvalue weighted by atomic mass is 15.3. The van der Waals surface area contributed by atoms with Crippen molar-refractivity contribution in [2.75, 3.05) is 45.8 Å². The average Bonchev–Trinajstić information content (AvgIpc) is 3.15. The third-order valence-corrected chi connectivity index (χ3v) is 4.46. The molecule has 1 heterocycles. The van der Waals surface area contributed by atoms with Gasteiger partial charge in [-0.25, -0.2) is 0 Å². The van der Waals surface area contributed by atoms with Crippen molar-refractivity contribution < 1.29 is 0 Å². The first kappa shape index (κ1) is 14.3. The van der Waals surface area contributed by atoms with Crippen molar-refractivity contribution in [1.29, 1.82) is 0 Å². The molecule has 1 unspecified atom stereocenters. The Morgan fingerprint density at radius 2 is 1.78 bits per heavy atom. The van der Waals surface area contributed by atoms with Crippen LogP contribution >= 0.6 is 0 Å². The van der Waals surface area contributed by atoms with E-state index in [4.69, 9.17) is 0 Å². The van der Waals surface area contributed by atoms with Gasteiger partial charge in [-0.1, -0.05) is 20.8 Å². The van der Waals surface area contributed by atoms with E-state index in [2.05, 4.69) is 35.9 Å². The molecule has 1 N–H and O–H groups in total. The van der Waals surface area contributed by atoms with Gasteiger partial charge in [-0.05, 0) is 31.2 Å². The van der Waals surface area contributed by atoms with E-state index in [9.17, 15) is 0 Å². The Balaban J connectivity index is 1.74. The summed E-state index contributed by atoms with van der Waals surface area (Å²) in [4.78, 5) is 5.38. The van der Waals surface area contributed by atoms with E-state index >= 15 is 0 Å². The first-order valence-corrected chi connectivity index (χ1v) is 7.87. The van der Waals surface area contributed by atoms with Crippen LogP contribution in [0.15, 0.2) is 0 Å². The van der Waals surface area contributed by atoms with Crippen molar-refractivity contribution in [2.45, 2.75) is 39.7 Å². The third kappa shape index (κ3) is 4.22. The lowest BCUT2D eigenvalue weighted by atomic mass is 10.0. The quantitative estimate of drug-likeness (QED) is 0.744. The van der Waals surface area contributed by atoms with Gasteiger partial charge in [0.25, 0.3) is 0 Å². The molecule has 2 aliphatic rings. The molecule has 0 aromatic rings. The highest BCUT2D eigenvalue weighted by Gasteiger charge is 2.29. The number of likely N-dealkylation sites (N-methyl/N-ethyl adjacent to an activating group) is 1. The fourth-order valence-electron chi connectivity index (χ4n) is 3.02. The molecule has 1 aliphatic carbocycles. The number of hydrogen-bond donors (Lipinski definition) is 1. The van der Waals surface area contributed by atoms with Crippen LogP contribution in [0.1, 0.15) is 33.6 Å². The minimum absolute atomic E-state index is 0.716. The first-order chi connectivity index (χ1) is 8.70. The smallest absolute Gasteiger partial charge is 0.0244 e. The van der Waals surface area contributed by atoms with Gasteiger partial charge in [0.15, 0.2) is 0 Å². The summed E-state index contributed by atoms with van der Waals surface area (Å²) in [5.41, 5.74) is 0. The molecule has 3 nitrogen and oxygen atoms in total. The normalized spacial score (nSPS) is 24.7. The van der Waals surface area contributed by atoms with E-state index in [0.29, 0.717) is 6.04 Å². The van der Waals surface area contributed by atoms with Gasteiger partial charge in [-0.15, -0.1) is 0 Å². The van der Waals surface area contributed by atoms with E-state index in [-0.39, 0.29) is 0 Å². The van der Waals surface area contributed by atoms with Gasteiger partial charge in [-0.3, -0.25) is 4.90 Å². The summed E-state index contributed by atoms with van der Waals surface area (Å²) in [6.45, 7) is 15.6. The second-order valence-electron chi connectivity index (χ2n) is 6.40. The molecule has 0 amide bonds. The maximum Gasteiger partial charge on any atom is 0.0244 e. The van der Waals surface area contributed by atoms with E-state index < -0.39 is 0 Å². The Bertz CT molecular complexity index is 230. The summed E-state index contributed by atoms with van der Waals surface area (Å²) in [5.74, 6) is 1.79. The fraction of sp³-hybridized carbons (Fsp3) is 1.00. The number of hydrogen-bond acceptors (Lipinski definition) is 3. The Hall–Kier alpha value is -0.120. The highest BCUT2D eigenvalue weighted by molar-refractivity contribution is 4.84. The molecule has 2 fully saturated rings. The molecule has 0 aromatic carbocycles. The lowest BCUT2D eigenvalue weighted by Crippen LogP contribution is -2.54. The molecule has 0 spiro atoms. The van der Waals surface area contributed by atoms with Gasteiger partial charge in [0.1, 0.15) is 0 Å². The van der Waals surface area contributed by atoms with Gasteiger partial charge >= 0.3 is 0 Å². The second-order valence-corrected chi connectivity index (χ2v) is 6.40. The molecule has 3 heteroatoms. The zero-order chi connectivity index (χ0) is 13.0. The Kier molecular flexibility index (Phi) is 5.46. The summed E-state index contributed by atoms with van der Waals surface area (Å²) >= 11 is 0. The van der Waals surface area contributed by atoms with E-state index in [1.54, 1.807) is 0 Å². The number of nitrogens with one attached hydrogen (secondary N) is 1. The molecule has 0 radical (unpaired) electrons. The Labute approximate surface area is 113 Å². The molecular formula is C15H31N3. The lowest BCUT2D eigenvalue weighted by Gasteiger charge is -2.41. The number of rotatable bonds is 7. The molecule has 1 aliphatic heterocycles. The van der Waals surface area contributed by atoms with Crippen LogP contribution in [0.25, 0.3) is 0 Å². The fourth-order valence-corrected chi connectivity index (χ4v) is 3.02. The highest BCUT2D eigenvalue weighted by Crippen LogP contribution is 2.30. The zero-order valence-corrected chi connectivity index (χ0v) is 12.5. The predicted octanol–water partition coefficient (Wildman–Crippen LogP) is 1.65. The molecule has 2 rings (SSSR count). The largest absolute Gasteiger partial charge is 0.315 e. The summed E-state index contributed by atoms with van der Waals surface area (Å²) in [6.07, 6.45) is 2.96. The van der Waals surface area contributed by atoms with Crippen LogP contribution in [0.3, 0.4) is 0 Å². The van der Waals surface area contributed by atoms with Gasteiger partial charge < -0.3 is 10.2 Å². The summed E-state index contributed by atoms with van der Waals surface area (Å²) < 4.78 is 0. The lowest BCUT2D eigenvalue weighted by molar-refractivity contribution is 0.0738. The Morgan fingerprint density at radius 1 is 1.11 bits per heavy atom. The van der Waals surface area contributed by atoms with Crippen LogP contribution in [0, 0.1) is 11.8 Å². The van der Waals surface area contributed by atoms with Crippen molar-refractivity contribution in [3.8, 4) is 0 Å². The first-order valence-electron chi connectivity index (χ1n) is 7.87. The van der Waals surface area contributed by atoms with Crippen molar-refractivity contribution in [3.05, 3.63) is 0 Å². The van der Waals surface area contributed by atoms with Crippen LogP contribution in [-0.4, -0.2) is 61.7 Å². The van der Waals surface area contributed by atoms with Crippen molar-refractivity contribution in [1.82, 2.24) is 15.1 Å². The zero-order valence-electron chi connectivity index (χ0n) is 12.5. The van der Waals surface area contributed by atoms with E-state index in [1.807, 2.05) is 0 Å². The summed E-state index contributed by atoms with van der Waals surface area (Å²) in [7, 11) is 0. The number of nitrogens with zero attached hydrogens (tertiary/aromatic N) is 2. The maximum atomic E-state index is 3.53. The van der Waals surface area contributed by atoms with E-state index in [1.165, 1.54) is 45.6 Å². The molecule has 106 valence electrons. The van der Waals surface area contributed by atoms with Gasteiger partial charge in [-0.2, -0.15) is 0 Å². The van der Waals surface area contributed by atoms with Crippen molar-refractivity contribution >= 4 is 0 Å². The molecule has 0 bridgehead atoms. The SMILES string of the molecule is CCNCC(C(C)C)N1CCN(CC2CC2)CC1. The molecule has 1 atom stereocenters. The van der Waals surface area contributed by atoms with Crippen LogP contribution in [-0.2, 0) is 0 Å². The van der Waals surface area contributed by atoms with Crippen LogP contribution in [0.2, 0.25) is 0 Å². The van der Waals surface area contributed by atoms with Crippen LogP contribution in [0.5, 0.6) is 0 Å². The average molecular weight is 253 g/mol. The Morgan fingerprint density at radius 3 is 2.28 bits per heavy atom. The minimum Gasteiger partial charge on any atom is -0.315 e. The topological polar surface area (TPSA) is 18.5 Å². The third-order valence-electron chi connectivity index (χ3n) is 4.46. The van der Waals surface area contributed by atoms with Crippen LogP contribution < -0.4 is 5.32 Å². The number of piperazine rings is 1. The summed E-state index contributed by atoms with van der Waals surface area (Å²) in [6, 6.07) is 0.716. The van der Waals surface area contributed by atoms with E-state index in [0.717, 1.165) is 24.9 Å². The van der Waals surface area contributed by atoms with Crippen molar-refractivity contribution in [3.63, 3.8) is 0 Å². The van der Waals surface area contributed by atoms with Crippen LogP contribution in [0.4, 0.5) is 0 Å². The van der Waals surface area contributed by atoms with Crippen molar-refractivity contribution in [2.24, 2.45) is 11.8 Å². The predicted molar refractivity (Wildman–Crippen MR) is 77.9 cm³/mol. The van der Waals surface area contributed by atoms with Gasteiger partial charge in [0.2, 0.25) is 0 Å². The second kappa shape index (κ2) is 6.88. The molecule has 0 aromatic heterocycles. The monoisotopic (exact) mass is 253 g/mol.